The van der Waals surface area contributed by atoms with Gasteiger partial charge in [0.05, 0.1) is 0 Å². The fourth-order valence-corrected chi connectivity index (χ4v) is 3.52. The number of rotatable bonds is 2. The van der Waals surface area contributed by atoms with Gasteiger partial charge < -0.3 is 0 Å². The third kappa shape index (κ3) is 1.47. The minimum Gasteiger partial charge on any atom is -0.294 e. The maximum absolute atomic E-state index is 5.58. The lowest BCUT2D eigenvalue weighted by Crippen LogP contribution is -2.57. The molecule has 3 fully saturated rings. The van der Waals surface area contributed by atoms with Crippen molar-refractivity contribution in [2.45, 2.75) is 69.1 Å². The van der Waals surface area contributed by atoms with Crippen LogP contribution in [0.25, 0.3) is 0 Å². The van der Waals surface area contributed by atoms with Crippen molar-refractivity contribution in [3.8, 4) is 0 Å². The molecule has 2 saturated heterocycles. The number of fused-ring (bicyclic) bond motifs is 2. The van der Waals surface area contributed by atoms with Crippen LogP contribution in [0.4, 0.5) is 0 Å². The van der Waals surface area contributed by atoms with E-state index in [-0.39, 0.29) is 0 Å². The van der Waals surface area contributed by atoms with Crippen LogP contribution >= 0.6 is 0 Å². The second-order valence-electron chi connectivity index (χ2n) is 5.25. The molecule has 0 aromatic rings. The highest BCUT2D eigenvalue weighted by atomic mass is 15.3. The molecule has 80 valence electrons. The van der Waals surface area contributed by atoms with Crippen molar-refractivity contribution in [3.63, 3.8) is 0 Å². The zero-order valence-electron chi connectivity index (χ0n) is 8.78. The third-order valence-electron chi connectivity index (χ3n) is 4.24. The van der Waals surface area contributed by atoms with Crippen LogP contribution in [-0.2, 0) is 0 Å². The van der Waals surface area contributed by atoms with Gasteiger partial charge in [0.1, 0.15) is 0 Å². The monoisotopic (exact) mass is 195 g/mol. The van der Waals surface area contributed by atoms with Crippen molar-refractivity contribution in [1.29, 1.82) is 0 Å². The molecule has 0 spiro atoms. The number of hydrogen-bond donors (Lipinski definition) is 2. The minimum absolute atomic E-state index is 0.584. The van der Waals surface area contributed by atoms with E-state index >= 15 is 0 Å². The van der Waals surface area contributed by atoms with Crippen LogP contribution in [0.5, 0.6) is 0 Å². The maximum Gasteiger partial charge on any atom is 0.0240 e. The molecule has 2 bridgehead atoms. The van der Waals surface area contributed by atoms with E-state index in [1.54, 1.807) is 0 Å². The Morgan fingerprint density at radius 3 is 2.07 bits per heavy atom. The lowest BCUT2D eigenvalue weighted by atomic mass is 9.82. The summed E-state index contributed by atoms with van der Waals surface area (Å²) in [5.41, 5.74) is 2.99. The zero-order valence-corrected chi connectivity index (χ0v) is 8.78. The highest BCUT2D eigenvalue weighted by Gasteiger charge is 2.44. The zero-order chi connectivity index (χ0) is 9.54. The van der Waals surface area contributed by atoms with E-state index in [0.717, 1.165) is 18.1 Å². The molecule has 0 amide bonds. The first-order valence-corrected chi connectivity index (χ1v) is 6.12. The summed E-state index contributed by atoms with van der Waals surface area (Å²) in [5.74, 6) is 5.58. The number of hydrogen-bond acceptors (Lipinski definition) is 3. The Hall–Kier alpha value is -0.120. The van der Waals surface area contributed by atoms with Crippen LogP contribution in [0.3, 0.4) is 0 Å². The fourth-order valence-electron chi connectivity index (χ4n) is 3.52. The lowest BCUT2D eigenvalue weighted by Gasteiger charge is -2.49. The van der Waals surface area contributed by atoms with E-state index in [1.807, 2.05) is 0 Å². The van der Waals surface area contributed by atoms with Crippen LogP contribution in [0.1, 0.15) is 44.9 Å². The molecule has 2 heterocycles. The second kappa shape index (κ2) is 3.47. The molecule has 0 aromatic carbocycles. The lowest BCUT2D eigenvalue weighted by molar-refractivity contribution is 0.0175. The average molecular weight is 195 g/mol. The molecule has 0 aromatic heterocycles. The van der Waals surface area contributed by atoms with Crippen molar-refractivity contribution in [2.75, 3.05) is 0 Å². The van der Waals surface area contributed by atoms with Gasteiger partial charge in [-0.3, -0.25) is 16.2 Å². The van der Waals surface area contributed by atoms with E-state index < -0.39 is 0 Å². The summed E-state index contributed by atoms with van der Waals surface area (Å²) in [5, 5.41) is 0. The summed E-state index contributed by atoms with van der Waals surface area (Å²) in [6.45, 7) is 0. The Labute approximate surface area is 86.0 Å². The van der Waals surface area contributed by atoms with Crippen molar-refractivity contribution < 1.29 is 0 Å². The molecule has 3 N–H and O–H groups in total. The molecule has 14 heavy (non-hydrogen) atoms. The summed E-state index contributed by atoms with van der Waals surface area (Å²) in [6.07, 6.45) is 9.72. The number of nitrogens with two attached hydrogens (primary N) is 1. The number of hydrazine groups is 1. The normalized spacial score (nSPS) is 43.9. The molecule has 3 rings (SSSR count). The highest BCUT2D eigenvalue weighted by Crippen LogP contribution is 2.41. The molecule has 3 nitrogen and oxygen atoms in total. The van der Waals surface area contributed by atoms with Gasteiger partial charge in [0, 0.05) is 24.2 Å². The van der Waals surface area contributed by atoms with Crippen LogP contribution in [0.15, 0.2) is 0 Å². The molecule has 0 radical (unpaired) electrons. The van der Waals surface area contributed by atoms with E-state index in [9.17, 15) is 0 Å². The standard InChI is InChI=1S/C11H21N3/c12-13-8-6-10-2-1-3-11(7-8)14(10)9-4-5-9/h8-11,13H,1-7,12H2/t8?,10-,11+. The Kier molecular flexibility index (Phi) is 2.26. The van der Waals surface area contributed by atoms with Crippen LogP contribution < -0.4 is 11.3 Å². The third-order valence-corrected chi connectivity index (χ3v) is 4.24. The molecular formula is C11H21N3. The van der Waals surface area contributed by atoms with Crippen molar-refractivity contribution >= 4 is 0 Å². The summed E-state index contributed by atoms with van der Waals surface area (Å²) in [7, 11) is 0. The Morgan fingerprint density at radius 2 is 1.57 bits per heavy atom. The molecule has 1 saturated carbocycles. The Balaban J connectivity index is 1.74. The van der Waals surface area contributed by atoms with E-state index in [1.165, 1.54) is 44.9 Å². The van der Waals surface area contributed by atoms with Gasteiger partial charge in [0.15, 0.2) is 0 Å². The molecule has 3 aliphatic rings. The van der Waals surface area contributed by atoms with E-state index in [0.29, 0.717) is 6.04 Å². The van der Waals surface area contributed by atoms with Crippen LogP contribution in [0, 0.1) is 0 Å². The van der Waals surface area contributed by atoms with Gasteiger partial charge in [-0.05, 0) is 38.5 Å². The first-order valence-electron chi connectivity index (χ1n) is 6.12. The summed E-state index contributed by atoms with van der Waals surface area (Å²) in [6, 6.07) is 3.22. The number of nitrogens with zero attached hydrogens (tertiary/aromatic N) is 1. The Bertz CT molecular complexity index is 201. The Morgan fingerprint density at radius 1 is 0.929 bits per heavy atom. The van der Waals surface area contributed by atoms with Gasteiger partial charge >= 0.3 is 0 Å². The minimum atomic E-state index is 0.584. The molecule has 2 aliphatic heterocycles. The maximum atomic E-state index is 5.58. The van der Waals surface area contributed by atoms with Crippen LogP contribution in [-0.4, -0.2) is 29.1 Å². The summed E-state index contributed by atoms with van der Waals surface area (Å²) in [4.78, 5) is 2.83. The predicted molar refractivity (Wildman–Crippen MR) is 56.6 cm³/mol. The van der Waals surface area contributed by atoms with Crippen molar-refractivity contribution in [1.82, 2.24) is 10.3 Å². The highest BCUT2D eigenvalue weighted by molar-refractivity contribution is 5.00. The van der Waals surface area contributed by atoms with Crippen molar-refractivity contribution in [3.05, 3.63) is 0 Å². The van der Waals surface area contributed by atoms with Gasteiger partial charge in [-0.2, -0.15) is 0 Å². The SMILES string of the molecule is NNC1C[C@H]2CCC[C@@H](C1)N2C1CC1. The number of piperidine rings is 2. The molecule has 3 atom stereocenters. The molecule has 1 aliphatic carbocycles. The molecular weight excluding hydrogens is 174 g/mol. The average Bonchev–Trinajstić information content (AvgIpc) is 2.99. The first kappa shape index (κ1) is 9.13. The van der Waals surface area contributed by atoms with Gasteiger partial charge in [0.2, 0.25) is 0 Å². The molecule has 3 heteroatoms. The molecule has 1 unspecified atom stereocenters. The fraction of sp³-hybridized carbons (Fsp3) is 1.00. The van der Waals surface area contributed by atoms with Crippen LogP contribution in [0.2, 0.25) is 0 Å². The first-order chi connectivity index (χ1) is 6.88. The summed E-state index contributed by atoms with van der Waals surface area (Å²) >= 11 is 0. The predicted octanol–water partition coefficient (Wildman–Crippen LogP) is 0.998. The van der Waals surface area contributed by atoms with Gasteiger partial charge in [-0.15, -0.1) is 0 Å². The topological polar surface area (TPSA) is 41.3 Å². The smallest absolute Gasteiger partial charge is 0.0240 e. The second-order valence-corrected chi connectivity index (χ2v) is 5.25. The number of nitrogens with one attached hydrogen (secondary N) is 1. The van der Waals surface area contributed by atoms with Gasteiger partial charge in [-0.1, -0.05) is 6.42 Å². The quantitative estimate of drug-likeness (QED) is 0.510. The summed E-state index contributed by atoms with van der Waals surface area (Å²) < 4.78 is 0. The van der Waals surface area contributed by atoms with E-state index in [4.69, 9.17) is 5.84 Å². The van der Waals surface area contributed by atoms with Gasteiger partial charge in [-0.25, -0.2) is 0 Å². The van der Waals surface area contributed by atoms with Gasteiger partial charge in [0.25, 0.3) is 0 Å². The van der Waals surface area contributed by atoms with Crippen molar-refractivity contribution in [2.24, 2.45) is 5.84 Å². The van der Waals surface area contributed by atoms with E-state index in [2.05, 4.69) is 10.3 Å². The largest absolute Gasteiger partial charge is 0.294 e.